The third kappa shape index (κ3) is 3.43. The monoisotopic (exact) mass is 343 g/mol. The number of aromatic amines is 1. The maximum atomic E-state index is 4.81. The van der Waals surface area contributed by atoms with Crippen molar-refractivity contribution in [1.29, 1.82) is 0 Å². The van der Waals surface area contributed by atoms with Gasteiger partial charge in [0.15, 0.2) is 0 Å². The van der Waals surface area contributed by atoms with Crippen LogP contribution in [-0.2, 0) is 18.5 Å². The van der Waals surface area contributed by atoms with Crippen LogP contribution in [0.4, 0.5) is 0 Å². The molecule has 0 atom stereocenters. The second-order valence-electron chi connectivity index (χ2n) is 7.98. The lowest BCUT2D eigenvalue weighted by molar-refractivity contribution is 0.355. The van der Waals surface area contributed by atoms with Gasteiger partial charge in [0.25, 0.3) is 0 Å². The smallest absolute Gasteiger partial charge is 0.138 e. The molecular weight excluding hydrogens is 318 g/mol. The Kier molecular flexibility index (Phi) is 4.15. The molecule has 0 spiro atoms. The highest BCUT2D eigenvalue weighted by Gasteiger charge is 2.17. The maximum absolute atomic E-state index is 4.81. The molecule has 0 aliphatic carbocycles. The first kappa shape index (κ1) is 16.6. The van der Waals surface area contributed by atoms with Crippen LogP contribution in [0.5, 0.6) is 0 Å². The number of imidazole rings is 1. The van der Waals surface area contributed by atoms with Gasteiger partial charge in [-0.15, -0.1) is 0 Å². The summed E-state index contributed by atoms with van der Waals surface area (Å²) in [7, 11) is 0. The van der Waals surface area contributed by atoms with Crippen molar-refractivity contribution in [2.24, 2.45) is 0 Å². The molecule has 26 heavy (non-hydrogen) atoms. The van der Waals surface area contributed by atoms with Crippen LogP contribution in [0.15, 0.2) is 60.8 Å². The summed E-state index contributed by atoms with van der Waals surface area (Å²) in [5, 5.41) is 0. The number of aromatic nitrogens is 2. The molecule has 0 saturated heterocycles. The summed E-state index contributed by atoms with van der Waals surface area (Å²) in [4.78, 5) is 10.6. The summed E-state index contributed by atoms with van der Waals surface area (Å²) < 4.78 is 0. The number of hydrogen-bond donors (Lipinski definition) is 1. The van der Waals surface area contributed by atoms with Gasteiger partial charge in [0.2, 0.25) is 0 Å². The van der Waals surface area contributed by atoms with Gasteiger partial charge in [-0.1, -0.05) is 75.4 Å². The Morgan fingerprint density at radius 1 is 1.00 bits per heavy atom. The highest BCUT2D eigenvalue weighted by Crippen LogP contribution is 2.25. The summed E-state index contributed by atoms with van der Waals surface area (Å²) in [6.07, 6.45) is 4.29. The first-order valence-electron chi connectivity index (χ1n) is 9.15. The van der Waals surface area contributed by atoms with Gasteiger partial charge in [-0.2, -0.15) is 0 Å². The van der Waals surface area contributed by atoms with Crippen LogP contribution >= 0.6 is 0 Å². The molecule has 1 aliphatic heterocycles. The largest absolute Gasteiger partial charge is 0.367 e. The van der Waals surface area contributed by atoms with E-state index < -0.39 is 0 Å². The number of rotatable bonds is 3. The molecule has 1 aliphatic rings. The van der Waals surface area contributed by atoms with Crippen molar-refractivity contribution < 1.29 is 0 Å². The molecule has 0 radical (unpaired) electrons. The van der Waals surface area contributed by atoms with Gasteiger partial charge in [0, 0.05) is 18.3 Å². The predicted molar refractivity (Wildman–Crippen MR) is 107 cm³/mol. The zero-order chi connectivity index (χ0) is 18.1. The first-order valence-corrected chi connectivity index (χ1v) is 9.15. The van der Waals surface area contributed by atoms with E-state index in [2.05, 4.69) is 79.3 Å². The van der Waals surface area contributed by atoms with Crippen LogP contribution in [0.3, 0.4) is 0 Å². The number of nitrogens with zero attached hydrogens (tertiary/aromatic N) is 2. The molecule has 0 fully saturated rings. The van der Waals surface area contributed by atoms with Crippen molar-refractivity contribution in [2.75, 3.05) is 0 Å². The lowest BCUT2D eigenvalue weighted by Gasteiger charge is -2.24. The Morgan fingerprint density at radius 3 is 2.42 bits per heavy atom. The molecule has 3 nitrogen and oxygen atoms in total. The minimum Gasteiger partial charge on any atom is -0.367 e. The summed E-state index contributed by atoms with van der Waals surface area (Å²) in [5.41, 5.74) is 6.24. The summed E-state index contributed by atoms with van der Waals surface area (Å²) in [5.74, 6) is 0.941. The minimum atomic E-state index is 0.196. The lowest BCUT2D eigenvalue weighted by atomic mass is 9.87. The average Bonchev–Trinajstić information content (AvgIpc) is 3.05. The average molecular weight is 343 g/mol. The fraction of sp³-hybridized carbons (Fsp3) is 0.261. The molecule has 1 aromatic heterocycles. The predicted octanol–water partition coefficient (Wildman–Crippen LogP) is 5.36. The minimum absolute atomic E-state index is 0.196. The van der Waals surface area contributed by atoms with Gasteiger partial charge in [-0.25, -0.2) is 4.98 Å². The van der Waals surface area contributed by atoms with E-state index in [4.69, 9.17) is 4.98 Å². The summed E-state index contributed by atoms with van der Waals surface area (Å²) in [6, 6.07) is 19.3. The summed E-state index contributed by atoms with van der Waals surface area (Å²) in [6.45, 7) is 8.47. The zero-order valence-electron chi connectivity index (χ0n) is 15.7. The quantitative estimate of drug-likeness (QED) is 0.694. The molecule has 0 amide bonds. The number of H-pyrrole nitrogens is 1. The summed E-state index contributed by atoms with van der Waals surface area (Å²) >= 11 is 0. The lowest BCUT2D eigenvalue weighted by Crippen LogP contribution is -2.19. The van der Waals surface area contributed by atoms with Crippen LogP contribution in [0.25, 0.3) is 17.5 Å². The highest BCUT2D eigenvalue weighted by molar-refractivity contribution is 5.60. The van der Waals surface area contributed by atoms with Gasteiger partial charge in [0.05, 0.1) is 17.9 Å². The van der Waals surface area contributed by atoms with E-state index in [1.165, 1.54) is 11.1 Å². The van der Waals surface area contributed by atoms with Crippen molar-refractivity contribution in [1.82, 2.24) is 14.9 Å². The number of fused-ring (bicyclic) bond motifs is 1. The third-order valence-electron chi connectivity index (χ3n) is 4.87. The molecule has 2 heterocycles. The van der Waals surface area contributed by atoms with E-state index in [0.29, 0.717) is 0 Å². The fourth-order valence-electron chi connectivity index (χ4n) is 3.29. The standard InChI is InChI=1S/C23H25N3/c1-23(2,3)19-11-9-17(10-12-19)15-26-14-13-20-21(16-26)25-22(24-20)18-7-5-4-6-8-18/h4-14H,15-16H2,1-3H3,(H,24,25). The van der Waals surface area contributed by atoms with Crippen LogP contribution in [0, 0.1) is 0 Å². The molecule has 0 bridgehead atoms. The topological polar surface area (TPSA) is 31.9 Å². The van der Waals surface area contributed by atoms with E-state index in [0.717, 1.165) is 35.9 Å². The number of hydrogen-bond acceptors (Lipinski definition) is 2. The van der Waals surface area contributed by atoms with E-state index >= 15 is 0 Å². The number of nitrogens with one attached hydrogen (secondary N) is 1. The second kappa shape index (κ2) is 6.49. The van der Waals surface area contributed by atoms with Crippen molar-refractivity contribution in [3.05, 3.63) is 83.3 Å². The van der Waals surface area contributed by atoms with Crippen molar-refractivity contribution >= 4 is 6.08 Å². The SMILES string of the molecule is CC(C)(C)c1ccc(CN2C=Cc3[nH]c(-c4ccccc4)nc3C2)cc1. The Balaban J connectivity index is 1.48. The molecule has 1 N–H and O–H groups in total. The Hall–Kier alpha value is -2.81. The van der Waals surface area contributed by atoms with Gasteiger partial charge >= 0.3 is 0 Å². The van der Waals surface area contributed by atoms with Crippen LogP contribution in [-0.4, -0.2) is 14.9 Å². The van der Waals surface area contributed by atoms with Crippen LogP contribution in [0.2, 0.25) is 0 Å². The Morgan fingerprint density at radius 2 is 1.73 bits per heavy atom. The van der Waals surface area contributed by atoms with E-state index in [1.54, 1.807) is 0 Å². The van der Waals surface area contributed by atoms with Crippen molar-refractivity contribution in [3.8, 4) is 11.4 Å². The van der Waals surface area contributed by atoms with Crippen LogP contribution < -0.4 is 0 Å². The van der Waals surface area contributed by atoms with E-state index in [-0.39, 0.29) is 5.41 Å². The van der Waals surface area contributed by atoms with E-state index in [9.17, 15) is 0 Å². The highest BCUT2D eigenvalue weighted by atomic mass is 15.1. The Bertz CT molecular complexity index is 912. The van der Waals surface area contributed by atoms with Crippen molar-refractivity contribution in [3.63, 3.8) is 0 Å². The normalized spacial score (nSPS) is 13.7. The van der Waals surface area contributed by atoms with Crippen molar-refractivity contribution in [2.45, 2.75) is 39.3 Å². The van der Waals surface area contributed by atoms with Gasteiger partial charge in [0.1, 0.15) is 5.82 Å². The number of benzene rings is 2. The fourth-order valence-corrected chi connectivity index (χ4v) is 3.29. The van der Waals surface area contributed by atoms with E-state index in [1.807, 2.05) is 18.2 Å². The molecule has 4 rings (SSSR count). The van der Waals surface area contributed by atoms with Gasteiger partial charge < -0.3 is 9.88 Å². The molecule has 0 unspecified atom stereocenters. The zero-order valence-corrected chi connectivity index (χ0v) is 15.7. The molecule has 132 valence electrons. The second-order valence-corrected chi connectivity index (χ2v) is 7.98. The maximum Gasteiger partial charge on any atom is 0.138 e. The third-order valence-corrected chi connectivity index (χ3v) is 4.87. The van der Waals surface area contributed by atoms with Gasteiger partial charge in [-0.05, 0) is 22.6 Å². The first-order chi connectivity index (χ1) is 12.5. The molecule has 3 heteroatoms. The molecule has 0 saturated carbocycles. The molecule has 3 aromatic rings. The van der Waals surface area contributed by atoms with Crippen LogP contribution in [0.1, 0.15) is 43.3 Å². The van der Waals surface area contributed by atoms with Gasteiger partial charge in [-0.3, -0.25) is 0 Å². The molecule has 2 aromatic carbocycles. The Labute approximate surface area is 155 Å². The molecular formula is C23H25N3.